The highest BCUT2D eigenvalue weighted by molar-refractivity contribution is 7.99. The molecule has 1 aromatic carbocycles. The molecule has 1 aromatic rings. The van der Waals surface area contributed by atoms with E-state index in [-0.39, 0.29) is 12.5 Å². The van der Waals surface area contributed by atoms with Crippen LogP contribution in [0.15, 0.2) is 18.2 Å². The fourth-order valence-electron chi connectivity index (χ4n) is 1.26. The molecule has 0 atom stereocenters. The Morgan fingerprint density at radius 2 is 2.33 bits per heavy atom. The van der Waals surface area contributed by atoms with E-state index in [1.165, 1.54) is 11.8 Å². The van der Waals surface area contributed by atoms with E-state index in [1.807, 2.05) is 6.26 Å². The van der Waals surface area contributed by atoms with Crippen molar-refractivity contribution in [3.8, 4) is 11.8 Å². The molecule has 0 aromatic heterocycles. The van der Waals surface area contributed by atoms with E-state index < -0.39 is 0 Å². The minimum absolute atomic E-state index is 0.0226. The summed E-state index contributed by atoms with van der Waals surface area (Å²) in [4.78, 5) is 11.5. The molecule has 1 rings (SSSR count). The Kier molecular flexibility index (Phi) is 6.66. The van der Waals surface area contributed by atoms with E-state index in [9.17, 15) is 4.79 Å². The molecule has 0 aliphatic heterocycles. The number of thioether (sulfide) groups is 1. The lowest BCUT2D eigenvalue weighted by Crippen LogP contribution is -2.14. The first-order valence-corrected chi connectivity index (χ1v) is 7.12. The molecule has 18 heavy (non-hydrogen) atoms. The number of rotatable bonds is 4. The number of anilines is 1. The summed E-state index contributed by atoms with van der Waals surface area (Å²) in [5, 5.41) is 12.0. The van der Waals surface area contributed by atoms with Crippen LogP contribution in [0.2, 0.25) is 5.02 Å². The Hall–Kier alpha value is -1.15. The van der Waals surface area contributed by atoms with Crippen LogP contribution in [-0.2, 0) is 4.79 Å². The Labute approximate surface area is 116 Å². The first kappa shape index (κ1) is 14.9. The second-order valence-corrected chi connectivity index (χ2v) is 4.75. The normalized spacial score (nSPS) is 9.50. The molecule has 0 spiro atoms. The van der Waals surface area contributed by atoms with Crippen LogP contribution >= 0.6 is 23.4 Å². The molecule has 0 aliphatic carbocycles. The van der Waals surface area contributed by atoms with Gasteiger partial charge in [-0.2, -0.15) is 11.8 Å². The minimum atomic E-state index is -0.0880. The highest BCUT2D eigenvalue weighted by Gasteiger charge is 2.05. The Bertz CT molecular complexity index is 480. The SMILES string of the molecule is CSCC(=O)Nc1cc(Cl)ccc1C#CCCO. The van der Waals surface area contributed by atoms with Gasteiger partial charge in [0.15, 0.2) is 0 Å². The first-order valence-electron chi connectivity index (χ1n) is 5.35. The van der Waals surface area contributed by atoms with Gasteiger partial charge >= 0.3 is 0 Å². The summed E-state index contributed by atoms with van der Waals surface area (Å²) < 4.78 is 0. The van der Waals surface area contributed by atoms with Crippen LogP contribution in [-0.4, -0.2) is 29.6 Å². The number of carbonyl (C=O) groups is 1. The maximum atomic E-state index is 11.5. The third-order valence-corrected chi connectivity index (χ3v) is 2.78. The van der Waals surface area contributed by atoms with Crippen LogP contribution in [0.1, 0.15) is 12.0 Å². The Morgan fingerprint density at radius 3 is 3.00 bits per heavy atom. The molecule has 0 bridgehead atoms. The number of nitrogens with one attached hydrogen (secondary N) is 1. The molecule has 0 aliphatic rings. The molecule has 0 heterocycles. The van der Waals surface area contributed by atoms with Crippen molar-refractivity contribution in [1.29, 1.82) is 0 Å². The van der Waals surface area contributed by atoms with Gasteiger partial charge in [-0.05, 0) is 24.5 Å². The molecule has 0 unspecified atom stereocenters. The van der Waals surface area contributed by atoms with Gasteiger partial charge in [0, 0.05) is 17.0 Å². The number of halogens is 1. The quantitative estimate of drug-likeness (QED) is 0.834. The van der Waals surface area contributed by atoms with Crippen molar-refractivity contribution in [3.05, 3.63) is 28.8 Å². The van der Waals surface area contributed by atoms with E-state index in [4.69, 9.17) is 16.7 Å². The molecule has 5 heteroatoms. The Morgan fingerprint density at radius 1 is 1.56 bits per heavy atom. The van der Waals surface area contributed by atoms with Crippen molar-refractivity contribution in [2.45, 2.75) is 6.42 Å². The molecule has 1 amide bonds. The third-order valence-electron chi connectivity index (χ3n) is 1.99. The van der Waals surface area contributed by atoms with Gasteiger partial charge in [0.05, 0.1) is 18.0 Å². The molecule has 2 N–H and O–H groups in total. The number of benzene rings is 1. The number of aliphatic hydroxyl groups is 1. The van der Waals surface area contributed by atoms with Gasteiger partial charge in [-0.25, -0.2) is 0 Å². The number of hydrogen-bond acceptors (Lipinski definition) is 3. The maximum absolute atomic E-state index is 11.5. The lowest BCUT2D eigenvalue weighted by molar-refractivity contribution is -0.113. The zero-order valence-electron chi connectivity index (χ0n) is 10.00. The lowest BCUT2D eigenvalue weighted by atomic mass is 10.1. The summed E-state index contributed by atoms with van der Waals surface area (Å²) in [7, 11) is 0. The third kappa shape index (κ3) is 5.01. The van der Waals surface area contributed by atoms with Crippen molar-refractivity contribution < 1.29 is 9.90 Å². The van der Waals surface area contributed by atoms with Gasteiger partial charge < -0.3 is 10.4 Å². The summed E-state index contributed by atoms with van der Waals surface area (Å²) in [5.74, 6) is 6.01. The predicted molar refractivity (Wildman–Crippen MR) is 77.0 cm³/mol. The number of hydrogen-bond donors (Lipinski definition) is 2. The van der Waals surface area contributed by atoms with Gasteiger partial charge in [0.1, 0.15) is 0 Å². The second kappa shape index (κ2) is 8.04. The largest absolute Gasteiger partial charge is 0.395 e. The van der Waals surface area contributed by atoms with E-state index in [0.717, 1.165) is 0 Å². The van der Waals surface area contributed by atoms with Crippen LogP contribution in [0.25, 0.3) is 0 Å². The summed E-state index contributed by atoms with van der Waals surface area (Å²) in [5.41, 5.74) is 1.30. The molecule has 0 saturated carbocycles. The zero-order valence-corrected chi connectivity index (χ0v) is 11.6. The summed E-state index contributed by atoms with van der Waals surface area (Å²) in [6.45, 7) is 0.0226. The van der Waals surface area contributed by atoms with Crippen LogP contribution in [0.5, 0.6) is 0 Å². The average molecular weight is 284 g/mol. The molecule has 3 nitrogen and oxygen atoms in total. The second-order valence-electron chi connectivity index (χ2n) is 3.45. The van der Waals surface area contributed by atoms with Gasteiger partial charge in [0.2, 0.25) is 5.91 Å². The maximum Gasteiger partial charge on any atom is 0.234 e. The number of amides is 1. The molecule has 0 fully saturated rings. The summed E-state index contributed by atoms with van der Waals surface area (Å²) in [6.07, 6.45) is 2.26. The van der Waals surface area contributed by atoms with E-state index in [2.05, 4.69) is 17.2 Å². The minimum Gasteiger partial charge on any atom is -0.395 e. The summed E-state index contributed by atoms with van der Waals surface area (Å²) in [6, 6.07) is 5.14. The molecule has 0 saturated heterocycles. The molecule has 0 radical (unpaired) electrons. The predicted octanol–water partition coefficient (Wildman–Crippen LogP) is 2.38. The molecule has 96 valence electrons. The summed E-state index contributed by atoms with van der Waals surface area (Å²) >= 11 is 7.34. The monoisotopic (exact) mass is 283 g/mol. The van der Waals surface area contributed by atoms with Crippen molar-refractivity contribution >= 4 is 35.0 Å². The van der Waals surface area contributed by atoms with Crippen LogP contribution in [0, 0.1) is 11.8 Å². The lowest BCUT2D eigenvalue weighted by Gasteiger charge is -2.07. The number of carbonyl (C=O) groups excluding carboxylic acids is 1. The smallest absolute Gasteiger partial charge is 0.234 e. The highest BCUT2D eigenvalue weighted by atomic mass is 35.5. The molecular formula is C13H14ClNO2S. The standard InChI is InChI=1S/C13H14ClNO2S/c1-18-9-13(17)15-12-8-11(14)6-5-10(12)4-2-3-7-16/h5-6,8,16H,3,7,9H2,1H3,(H,15,17). The first-order chi connectivity index (χ1) is 8.67. The van der Waals surface area contributed by atoms with Crippen molar-refractivity contribution in [2.75, 3.05) is 23.9 Å². The van der Waals surface area contributed by atoms with E-state index in [1.54, 1.807) is 18.2 Å². The van der Waals surface area contributed by atoms with Crippen molar-refractivity contribution in [1.82, 2.24) is 0 Å². The fourth-order valence-corrected chi connectivity index (χ4v) is 1.77. The van der Waals surface area contributed by atoms with Gasteiger partial charge in [-0.1, -0.05) is 23.4 Å². The van der Waals surface area contributed by atoms with Crippen LogP contribution in [0.4, 0.5) is 5.69 Å². The van der Waals surface area contributed by atoms with Gasteiger partial charge in [-0.15, -0.1) is 0 Å². The van der Waals surface area contributed by atoms with Crippen molar-refractivity contribution in [3.63, 3.8) is 0 Å². The van der Waals surface area contributed by atoms with Crippen molar-refractivity contribution in [2.24, 2.45) is 0 Å². The average Bonchev–Trinajstić information content (AvgIpc) is 2.32. The van der Waals surface area contributed by atoms with E-state index in [0.29, 0.717) is 28.4 Å². The fraction of sp³-hybridized carbons (Fsp3) is 0.308. The van der Waals surface area contributed by atoms with E-state index >= 15 is 0 Å². The zero-order chi connectivity index (χ0) is 13.4. The van der Waals surface area contributed by atoms with Crippen LogP contribution in [0.3, 0.4) is 0 Å². The van der Waals surface area contributed by atoms with Gasteiger partial charge in [0.25, 0.3) is 0 Å². The Balaban J connectivity index is 2.90. The number of aliphatic hydroxyl groups excluding tert-OH is 1. The highest BCUT2D eigenvalue weighted by Crippen LogP contribution is 2.20. The van der Waals surface area contributed by atoms with Crippen LogP contribution < -0.4 is 5.32 Å². The topological polar surface area (TPSA) is 49.3 Å². The van der Waals surface area contributed by atoms with Gasteiger partial charge in [-0.3, -0.25) is 4.79 Å². The molecular weight excluding hydrogens is 270 g/mol.